The van der Waals surface area contributed by atoms with Gasteiger partial charge in [0.05, 0.1) is 11.7 Å². The molecule has 2 bridgehead atoms. The van der Waals surface area contributed by atoms with Crippen molar-refractivity contribution >= 4 is 29.3 Å². The van der Waals surface area contributed by atoms with Crippen molar-refractivity contribution in [2.24, 2.45) is 0 Å². The van der Waals surface area contributed by atoms with Gasteiger partial charge in [-0.05, 0) is 43.5 Å². The molecule has 9 heteroatoms. The highest BCUT2D eigenvalue weighted by Gasteiger charge is 2.40. The summed E-state index contributed by atoms with van der Waals surface area (Å²) in [6.07, 6.45) is 4.43. The lowest BCUT2D eigenvalue weighted by molar-refractivity contribution is 0.0946. The van der Waals surface area contributed by atoms with Crippen LogP contribution in [-0.4, -0.2) is 52.3 Å². The quantitative estimate of drug-likeness (QED) is 0.852. The van der Waals surface area contributed by atoms with Crippen molar-refractivity contribution in [1.82, 2.24) is 20.5 Å². The van der Waals surface area contributed by atoms with Crippen LogP contribution in [-0.2, 0) is 0 Å². The number of pyridine rings is 1. The van der Waals surface area contributed by atoms with Gasteiger partial charge >= 0.3 is 6.03 Å². The molecule has 9 nitrogen and oxygen atoms in total. The van der Waals surface area contributed by atoms with Gasteiger partial charge in [0.25, 0.3) is 5.91 Å². The van der Waals surface area contributed by atoms with Crippen molar-refractivity contribution in [3.05, 3.63) is 36.2 Å². The third-order valence-electron chi connectivity index (χ3n) is 5.12. The Kier molecular flexibility index (Phi) is 3.66. The van der Waals surface area contributed by atoms with Gasteiger partial charge in [-0.1, -0.05) is 0 Å². The fourth-order valence-electron chi connectivity index (χ4n) is 3.62. The van der Waals surface area contributed by atoms with Gasteiger partial charge in [0.2, 0.25) is 0 Å². The lowest BCUT2D eigenvalue weighted by Crippen LogP contribution is -2.48. The van der Waals surface area contributed by atoms with Crippen LogP contribution in [0.2, 0.25) is 0 Å². The third-order valence-corrected chi connectivity index (χ3v) is 5.12. The summed E-state index contributed by atoms with van der Waals surface area (Å²) in [6, 6.07) is 6.97. The number of anilines is 3. The van der Waals surface area contributed by atoms with E-state index < -0.39 is 0 Å². The number of hydrogen-bond donors (Lipinski definition) is 2. The maximum atomic E-state index is 13.0. The number of fused-ring (bicyclic) bond motifs is 4. The topological polar surface area (TPSA) is 103 Å². The number of carbonyl (C=O) groups is 2. The highest BCUT2D eigenvalue weighted by Crippen LogP contribution is 2.39. The number of nitrogens with zero attached hydrogens (tertiary/aromatic N) is 5. The maximum absolute atomic E-state index is 13.0. The van der Waals surface area contributed by atoms with E-state index in [0.29, 0.717) is 17.3 Å². The predicted octanol–water partition coefficient (Wildman–Crippen LogP) is 1.39. The Bertz CT molecular complexity index is 900. The number of hydrogen-bond acceptors (Lipinski definition) is 6. The molecule has 4 heterocycles. The first-order valence-corrected chi connectivity index (χ1v) is 9.14. The van der Waals surface area contributed by atoms with Crippen molar-refractivity contribution in [3.63, 3.8) is 0 Å². The van der Waals surface area contributed by atoms with Gasteiger partial charge in [-0.15, -0.1) is 5.10 Å². The number of nitrogens with one attached hydrogen (secondary N) is 2. The Morgan fingerprint density at radius 2 is 2.04 bits per heavy atom. The van der Waals surface area contributed by atoms with E-state index in [1.807, 2.05) is 6.07 Å². The van der Waals surface area contributed by atoms with Crippen molar-refractivity contribution in [3.8, 4) is 0 Å². The Labute approximate surface area is 155 Å². The average molecular weight is 365 g/mol. The van der Waals surface area contributed by atoms with Gasteiger partial charge in [-0.25, -0.2) is 9.78 Å². The Balaban J connectivity index is 1.47. The minimum absolute atomic E-state index is 0.0171. The standard InChI is InChI=1S/C18H19N7O2/c26-17(20-11-3-4-11)13-5-6-14-16(21-13)25(12-7-9-24(14)10-12)18(27)22-15-2-1-8-19-23-15/h1-2,5-6,8,11-12H,3-4,7,9-10H2,(H,20,26)(H,22,23,27). The second kappa shape index (κ2) is 6.19. The molecule has 3 aliphatic rings. The predicted molar refractivity (Wildman–Crippen MR) is 98.9 cm³/mol. The minimum Gasteiger partial charge on any atom is -0.366 e. The molecule has 1 saturated heterocycles. The van der Waals surface area contributed by atoms with Crippen LogP contribution >= 0.6 is 0 Å². The molecular formula is C18H19N7O2. The summed E-state index contributed by atoms with van der Waals surface area (Å²) in [7, 11) is 0. The highest BCUT2D eigenvalue weighted by atomic mass is 16.2. The van der Waals surface area contributed by atoms with Crippen LogP contribution in [0.5, 0.6) is 0 Å². The van der Waals surface area contributed by atoms with Gasteiger partial charge in [-0.2, -0.15) is 5.10 Å². The zero-order chi connectivity index (χ0) is 18.4. The molecule has 0 radical (unpaired) electrons. The molecule has 2 N–H and O–H groups in total. The second-order valence-electron chi connectivity index (χ2n) is 7.08. The van der Waals surface area contributed by atoms with E-state index in [1.165, 1.54) is 0 Å². The van der Waals surface area contributed by atoms with Gasteiger partial charge in [0.15, 0.2) is 11.6 Å². The third kappa shape index (κ3) is 2.94. The summed E-state index contributed by atoms with van der Waals surface area (Å²) in [6.45, 7) is 1.62. The highest BCUT2D eigenvalue weighted by molar-refractivity contribution is 6.05. The van der Waals surface area contributed by atoms with Gasteiger partial charge in [0, 0.05) is 25.3 Å². The Hall–Kier alpha value is -3.23. The molecular weight excluding hydrogens is 346 g/mol. The van der Waals surface area contributed by atoms with Crippen LogP contribution in [0.25, 0.3) is 0 Å². The van der Waals surface area contributed by atoms with Crippen LogP contribution in [0.4, 0.5) is 22.1 Å². The van der Waals surface area contributed by atoms with Gasteiger partial charge in [-0.3, -0.25) is 15.0 Å². The molecule has 27 heavy (non-hydrogen) atoms. The van der Waals surface area contributed by atoms with E-state index in [1.54, 1.807) is 29.3 Å². The molecule has 1 atom stereocenters. The number of amides is 3. The minimum atomic E-state index is -0.310. The maximum Gasteiger partial charge on any atom is 0.329 e. The smallest absolute Gasteiger partial charge is 0.329 e. The normalized spacial score (nSPS) is 20.2. The number of aromatic nitrogens is 3. The van der Waals surface area contributed by atoms with Crippen LogP contribution in [0.3, 0.4) is 0 Å². The van der Waals surface area contributed by atoms with Crippen LogP contribution in [0.1, 0.15) is 29.8 Å². The van der Waals surface area contributed by atoms with Crippen molar-refractivity contribution in [1.29, 1.82) is 0 Å². The number of urea groups is 1. The summed E-state index contributed by atoms with van der Waals surface area (Å²) in [5.41, 5.74) is 1.21. The SMILES string of the molecule is O=C(NC1CC1)c1ccc2c(n1)N(C(=O)Nc1cccnn1)C1CCN2C1. The fourth-order valence-corrected chi connectivity index (χ4v) is 3.62. The molecule has 138 valence electrons. The Morgan fingerprint density at radius 1 is 1.15 bits per heavy atom. The first kappa shape index (κ1) is 16.0. The lowest BCUT2D eigenvalue weighted by atomic mass is 10.1. The largest absolute Gasteiger partial charge is 0.366 e. The molecule has 1 aliphatic carbocycles. The Morgan fingerprint density at radius 3 is 2.81 bits per heavy atom. The second-order valence-corrected chi connectivity index (χ2v) is 7.08. The number of carbonyl (C=O) groups excluding carboxylic acids is 2. The van der Waals surface area contributed by atoms with E-state index in [4.69, 9.17) is 0 Å². The summed E-state index contributed by atoms with van der Waals surface area (Å²) in [5, 5.41) is 13.4. The van der Waals surface area contributed by atoms with Gasteiger partial charge < -0.3 is 10.2 Å². The van der Waals surface area contributed by atoms with E-state index in [2.05, 4.69) is 30.7 Å². The van der Waals surface area contributed by atoms with E-state index in [9.17, 15) is 9.59 Å². The molecule has 3 amide bonds. The first-order valence-electron chi connectivity index (χ1n) is 9.14. The molecule has 5 rings (SSSR count). The number of rotatable bonds is 3. The van der Waals surface area contributed by atoms with Crippen molar-refractivity contribution in [2.45, 2.75) is 31.3 Å². The molecule has 1 unspecified atom stereocenters. The van der Waals surface area contributed by atoms with Crippen LogP contribution in [0.15, 0.2) is 30.5 Å². The molecule has 2 aliphatic heterocycles. The van der Waals surface area contributed by atoms with Crippen LogP contribution in [0, 0.1) is 0 Å². The molecule has 0 spiro atoms. The summed E-state index contributed by atoms with van der Waals surface area (Å²) in [4.78, 5) is 33.8. The van der Waals surface area contributed by atoms with Crippen molar-refractivity contribution in [2.75, 3.05) is 28.2 Å². The van der Waals surface area contributed by atoms with E-state index in [-0.39, 0.29) is 24.0 Å². The first-order chi connectivity index (χ1) is 13.2. The molecule has 0 aromatic carbocycles. The van der Waals surface area contributed by atoms with Gasteiger partial charge in [0.1, 0.15) is 5.69 Å². The van der Waals surface area contributed by atoms with Crippen LogP contribution < -0.4 is 20.4 Å². The average Bonchev–Trinajstić information content (AvgIpc) is 3.40. The summed E-state index contributed by atoms with van der Waals surface area (Å²) in [5.74, 6) is 0.711. The van der Waals surface area contributed by atoms with E-state index >= 15 is 0 Å². The molecule has 2 aromatic heterocycles. The molecule has 1 saturated carbocycles. The van der Waals surface area contributed by atoms with E-state index in [0.717, 1.165) is 38.0 Å². The zero-order valence-electron chi connectivity index (χ0n) is 14.6. The summed E-state index contributed by atoms with van der Waals surface area (Å²) >= 11 is 0. The lowest BCUT2D eigenvalue weighted by Gasteiger charge is -2.35. The van der Waals surface area contributed by atoms with Crippen molar-refractivity contribution < 1.29 is 9.59 Å². The molecule has 2 fully saturated rings. The fraction of sp³-hybridized carbons (Fsp3) is 0.389. The monoisotopic (exact) mass is 365 g/mol. The molecule has 2 aromatic rings. The summed E-state index contributed by atoms with van der Waals surface area (Å²) < 4.78 is 0. The zero-order valence-corrected chi connectivity index (χ0v) is 14.6.